The minimum atomic E-state index is -0.780. The van der Waals surface area contributed by atoms with E-state index in [9.17, 15) is 14.4 Å². The molecule has 11 nitrogen and oxygen atoms in total. The number of hydrogen-bond donors (Lipinski definition) is 0. The zero-order valence-corrected chi connectivity index (χ0v) is 23.0. The number of ether oxygens (including phenoxy) is 4. The fourth-order valence-electron chi connectivity index (χ4n) is 4.32. The molecule has 41 heavy (non-hydrogen) atoms. The van der Waals surface area contributed by atoms with Crippen LogP contribution in [0.4, 0.5) is 0 Å². The van der Waals surface area contributed by atoms with Crippen LogP contribution in [0, 0.1) is 0 Å². The van der Waals surface area contributed by atoms with E-state index in [1.165, 1.54) is 0 Å². The number of hydrogen-bond acceptors (Lipinski definition) is 10. The molecular formula is C29H27ClN4O7. The van der Waals surface area contributed by atoms with Gasteiger partial charge in [-0.1, -0.05) is 11.6 Å². The van der Waals surface area contributed by atoms with Gasteiger partial charge in [0.15, 0.2) is 5.82 Å². The Bertz CT molecular complexity index is 1450. The molecule has 0 radical (unpaired) electrons. The first-order valence-corrected chi connectivity index (χ1v) is 13.3. The van der Waals surface area contributed by atoms with Gasteiger partial charge in [0.05, 0.1) is 7.11 Å². The Balaban J connectivity index is 1.28. The quantitative estimate of drug-likeness (QED) is 0.387. The minimum Gasteiger partial charge on any atom is -0.497 e. The first-order chi connectivity index (χ1) is 19.9. The van der Waals surface area contributed by atoms with Gasteiger partial charge in [0, 0.05) is 61.0 Å². The molecular weight excluding hydrogens is 552 g/mol. The Kier molecular flexibility index (Phi) is 8.76. The second-order valence-electron chi connectivity index (χ2n) is 9.21. The summed E-state index contributed by atoms with van der Waals surface area (Å²) in [6, 6.07) is 14.0. The van der Waals surface area contributed by atoms with Crippen molar-refractivity contribution >= 4 is 29.4 Å². The van der Waals surface area contributed by atoms with Crippen LogP contribution in [0.15, 0.2) is 60.7 Å². The van der Waals surface area contributed by atoms with Gasteiger partial charge in [-0.2, -0.15) is 4.98 Å². The maximum absolute atomic E-state index is 12.8. The SMILES string of the molecule is COc1ccc(-c2nc3c(c(OCCN4CCN(C(=O)c5ccc(Cl)cc5)CC4)n2)OC(=O)/C=C\C(=O)OC3)cc1. The van der Waals surface area contributed by atoms with Crippen molar-refractivity contribution in [3.8, 4) is 28.8 Å². The fourth-order valence-corrected chi connectivity index (χ4v) is 4.45. The Morgan fingerprint density at radius 1 is 0.951 bits per heavy atom. The van der Waals surface area contributed by atoms with Gasteiger partial charge in [-0.15, -0.1) is 0 Å². The summed E-state index contributed by atoms with van der Waals surface area (Å²) in [7, 11) is 1.57. The highest BCUT2D eigenvalue weighted by Gasteiger charge is 2.25. The summed E-state index contributed by atoms with van der Waals surface area (Å²) >= 11 is 5.94. The summed E-state index contributed by atoms with van der Waals surface area (Å²) in [4.78, 5) is 50.0. The summed E-state index contributed by atoms with van der Waals surface area (Å²) in [6.07, 6.45) is 1.97. The first-order valence-electron chi connectivity index (χ1n) is 12.9. The molecule has 3 aromatic rings. The monoisotopic (exact) mass is 578 g/mol. The number of piperazine rings is 1. The highest BCUT2D eigenvalue weighted by Crippen LogP contribution is 2.33. The Hall–Kier alpha value is -4.48. The van der Waals surface area contributed by atoms with E-state index in [0.717, 1.165) is 12.2 Å². The van der Waals surface area contributed by atoms with E-state index in [4.69, 9.17) is 30.5 Å². The Labute approximate surface area is 241 Å². The summed E-state index contributed by atoms with van der Waals surface area (Å²) in [5.41, 5.74) is 1.46. The molecule has 2 aliphatic heterocycles. The molecule has 1 amide bonds. The number of cyclic esters (lactones) is 1. The second-order valence-corrected chi connectivity index (χ2v) is 9.64. The largest absolute Gasteiger partial charge is 0.497 e. The number of methoxy groups -OCH3 is 1. The summed E-state index contributed by atoms with van der Waals surface area (Å²) < 4.78 is 21.9. The third kappa shape index (κ3) is 7.00. The lowest BCUT2D eigenvalue weighted by atomic mass is 10.2. The summed E-state index contributed by atoms with van der Waals surface area (Å²) in [5.74, 6) is -0.502. The lowest BCUT2D eigenvalue weighted by Gasteiger charge is -2.34. The number of carbonyl (C=O) groups is 3. The number of benzene rings is 2. The number of halogens is 1. The normalized spacial score (nSPS) is 16.4. The van der Waals surface area contributed by atoms with E-state index in [-0.39, 0.29) is 36.4 Å². The number of amides is 1. The summed E-state index contributed by atoms with van der Waals surface area (Å²) in [6.45, 7) is 3.00. The molecule has 0 unspecified atom stereocenters. The molecule has 0 saturated carbocycles. The number of rotatable bonds is 7. The van der Waals surface area contributed by atoms with Gasteiger partial charge in [-0.25, -0.2) is 14.6 Å². The second kappa shape index (κ2) is 12.8. The average Bonchev–Trinajstić information content (AvgIpc) is 3.07. The van der Waals surface area contributed by atoms with Crippen molar-refractivity contribution < 1.29 is 33.3 Å². The summed E-state index contributed by atoms with van der Waals surface area (Å²) in [5, 5.41) is 0.585. The molecule has 2 aliphatic rings. The van der Waals surface area contributed by atoms with Crippen LogP contribution >= 0.6 is 11.6 Å². The van der Waals surface area contributed by atoms with E-state index >= 15 is 0 Å². The number of aromatic nitrogens is 2. The molecule has 0 spiro atoms. The van der Waals surface area contributed by atoms with Gasteiger partial charge in [0.25, 0.3) is 11.8 Å². The van der Waals surface area contributed by atoms with Crippen LogP contribution in [0.25, 0.3) is 11.4 Å². The topological polar surface area (TPSA) is 120 Å². The number of esters is 2. The molecule has 2 aromatic carbocycles. The standard InChI is InChI=1S/C29H27ClN4O7/c1-38-22-8-4-19(5-9-22)27-31-23-18-40-24(35)10-11-25(36)41-26(23)28(32-27)39-17-16-33-12-14-34(15-13-33)29(37)20-2-6-21(30)7-3-20/h2-11H,12-18H2,1H3/b11-10-. The molecule has 5 rings (SSSR count). The molecule has 3 heterocycles. The van der Waals surface area contributed by atoms with Crippen LogP contribution < -0.4 is 14.2 Å². The van der Waals surface area contributed by atoms with E-state index in [1.54, 1.807) is 55.6 Å². The lowest BCUT2D eigenvalue weighted by Crippen LogP contribution is -2.49. The van der Waals surface area contributed by atoms with E-state index in [1.807, 2.05) is 4.90 Å². The molecule has 1 aromatic heterocycles. The van der Waals surface area contributed by atoms with Crippen LogP contribution in [0.3, 0.4) is 0 Å². The average molecular weight is 579 g/mol. The first kappa shape index (κ1) is 28.1. The van der Waals surface area contributed by atoms with Gasteiger partial charge in [0.2, 0.25) is 5.75 Å². The van der Waals surface area contributed by atoms with E-state index < -0.39 is 11.9 Å². The van der Waals surface area contributed by atoms with Gasteiger partial charge in [-0.05, 0) is 48.5 Å². The molecule has 1 fully saturated rings. The van der Waals surface area contributed by atoms with Crippen LogP contribution in [-0.2, 0) is 20.9 Å². The van der Waals surface area contributed by atoms with Crippen molar-refractivity contribution in [2.24, 2.45) is 0 Å². The van der Waals surface area contributed by atoms with Gasteiger partial charge in [-0.3, -0.25) is 9.69 Å². The van der Waals surface area contributed by atoms with Crippen LogP contribution in [0.1, 0.15) is 16.1 Å². The maximum Gasteiger partial charge on any atom is 0.336 e. The minimum absolute atomic E-state index is 0.00927. The maximum atomic E-state index is 12.8. The highest BCUT2D eigenvalue weighted by molar-refractivity contribution is 6.30. The van der Waals surface area contributed by atoms with Crippen molar-refractivity contribution in [3.05, 3.63) is 77.0 Å². The van der Waals surface area contributed by atoms with Crippen LogP contribution in [0.2, 0.25) is 5.02 Å². The highest BCUT2D eigenvalue weighted by atomic mass is 35.5. The number of fused-ring (bicyclic) bond motifs is 1. The van der Waals surface area contributed by atoms with Crippen LogP contribution in [0.5, 0.6) is 17.4 Å². The van der Waals surface area contributed by atoms with Gasteiger partial charge < -0.3 is 23.8 Å². The van der Waals surface area contributed by atoms with Crippen molar-refractivity contribution in [2.75, 3.05) is 46.4 Å². The van der Waals surface area contributed by atoms with Gasteiger partial charge in [0.1, 0.15) is 24.7 Å². The van der Waals surface area contributed by atoms with Crippen LogP contribution in [-0.4, -0.2) is 84.1 Å². The third-order valence-corrected chi connectivity index (χ3v) is 6.81. The smallest absolute Gasteiger partial charge is 0.336 e. The molecule has 1 saturated heterocycles. The zero-order chi connectivity index (χ0) is 28.8. The predicted octanol–water partition coefficient (Wildman–Crippen LogP) is 3.16. The number of carbonyl (C=O) groups excluding carboxylic acids is 3. The molecule has 0 bridgehead atoms. The van der Waals surface area contributed by atoms with Gasteiger partial charge >= 0.3 is 11.9 Å². The number of nitrogens with zero attached hydrogens (tertiary/aromatic N) is 4. The Morgan fingerprint density at radius 2 is 1.66 bits per heavy atom. The van der Waals surface area contributed by atoms with Crippen molar-refractivity contribution in [3.63, 3.8) is 0 Å². The molecule has 0 atom stereocenters. The van der Waals surface area contributed by atoms with E-state index in [0.29, 0.717) is 60.4 Å². The lowest BCUT2D eigenvalue weighted by molar-refractivity contribution is -0.139. The molecule has 12 heteroatoms. The third-order valence-electron chi connectivity index (χ3n) is 6.56. The van der Waals surface area contributed by atoms with Crippen molar-refractivity contribution in [1.29, 1.82) is 0 Å². The molecule has 0 N–H and O–H groups in total. The van der Waals surface area contributed by atoms with E-state index in [2.05, 4.69) is 14.9 Å². The Morgan fingerprint density at radius 3 is 2.37 bits per heavy atom. The zero-order valence-electron chi connectivity index (χ0n) is 22.2. The fraction of sp³-hybridized carbons (Fsp3) is 0.276. The molecule has 212 valence electrons. The van der Waals surface area contributed by atoms with Crippen molar-refractivity contribution in [2.45, 2.75) is 6.61 Å². The molecule has 0 aliphatic carbocycles. The predicted molar refractivity (Wildman–Crippen MR) is 148 cm³/mol. The van der Waals surface area contributed by atoms with Crippen molar-refractivity contribution in [1.82, 2.24) is 19.8 Å².